The number of nitrogens with zero attached hydrogens (tertiary/aromatic N) is 2. The van der Waals surface area contributed by atoms with Crippen LogP contribution in [-0.4, -0.2) is 9.13 Å². The molecule has 0 unspecified atom stereocenters. The van der Waals surface area contributed by atoms with Gasteiger partial charge in [0, 0.05) is 32.9 Å². The third-order valence-corrected chi connectivity index (χ3v) is 10.9. The van der Waals surface area contributed by atoms with E-state index in [-0.39, 0.29) is 0 Å². The first-order valence-electron chi connectivity index (χ1n) is 17.9. The van der Waals surface area contributed by atoms with Crippen molar-refractivity contribution in [3.8, 4) is 33.6 Å². The lowest BCUT2D eigenvalue weighted by Gasteiger charge is -2.12. The second kappa shape index (κ2) is 11.3. The fourth-order valence-corrected chi connectivity index (χ4v) is 8.54. The molecule has 9 aromatic carbocycles. The van der Waals surface area contributed by atoms with Crippen molar-refractivity contribution in [1.82, 2.24) is 9.13 Å². The quantitative estimate of drug-likeness (QED) is 0.178. The number of benzene rings is 9. The van der Waals surface area contributed by atoms with E-state index >= 15 is 0 Å². The number of hydrogen-bond acceptors (Lipinski definition) is 0. The number of rotatable bonds is 4. The summed E-state index contributed by atoms with van der Waals surface area (Å²) in [5.74, 6) is 0. The van der Waals surface area contributed by atoms with E-state index in [4.69, 9.17) is 0 Å². The van der Waals surface area contributed by atoms with E-state index in [1.807, 2.05) is 0 Å². The van der Waals surface area contributed by atoms with Gasteiger partial charge in [0.15, 0.2) is 0 Å². The maximum absolute atomic E-state index is 2.45. The van der Waals surface area contributed by atoms with Crippen LogP contribution < -0.4 is 0 Å². The van der Waals surface area contributed by atoms with Gasteiger partial charge in [0.05, 0.1) is 22.1 Å². The van der Waals surface area contributed by atoms with Gasteiger partial charge >= 0.3 is 0 Å². The normalized spacial score (nSPS) is 11.8. The van der Waals surface area contributed by atoms with Gasteiger partial charge in [-0.3, -0.25) is 0 Å². The smallest absolute Gasteiger partial charge is 0.0548 e. The summed E-state index contributed by atoms with van der Waals surface area (Å²) in [6.07, 6.45) is 0. The summed E-state index contributed by atoms with van der Waals surface area (Å²) in [6.45, 7) is 0. The molecule has 52 heavy (non-hydrogen) atoms. The molecule has 2 nitrogen and oxygen atoms in total. The molecule has 11 rings (SSSR count). The predicted molar refractivity (Wildman–Crippen MR) is 221 cm³/mol. The standard InChI is InChI=1S/C50H32N2/c1-2-13-36-31-37(24-23-33(36)11-1)34-25-27-39(28-26-34)51-45-21-7-5-18-43(45)49-47(51)29-30-48-50(49)44-19-6-8-22-46(44)52(48)40-16-9-15-38(32-40)42-20-10-14-35-12-3-4-17-41(35)42/h1-32H. The van der Waals surface area contributed by atoms with Crippen molar-refractivity contribution < 1.29 is 0 Å². The molecule has 0 aliphatic heterocycles. The van der Waals surface area contributed by atoms with Crippen molar-refractivity contribution in [2.45, 2.75) is 0 Å². The van der Waals surface area contributed by atoms with Crippen molar-refractivity contribution in [1.29, 1.82) is 0 Å². The lowest BCUT2D eigenvalue weighted by atomic mass is 9.98. The van der Waals surface area contributed by atoms with Crippen molar-refractivity contribution in [3.05, 3.63) is 194 Å². The van der Waals surface area contributed by atoms with Gasteiger partial charge in [-0.05, 0) is 98.4 Å². The van der Waals surface area contributed by atoms with Crippen LogP contribution in [-0.2, 0) is 0 Å². The minimum Gasteiger partial charge on any atom is -0.309 e. The molecule has 0 bridgehead atoms. The maximum atomic E-state index is 2.45. The van der Waals surface area contributed by atoms with Gasteiger partial charge in [-0.25, -0.2) is 0 Å². The monoisotopic (exact) mass is 660 g/mol. The molecular formula is C50H32N2. The highest BCUT2D eigenvalue weighted by atomic mass is 15.0. The molecule has 0 saturated carbocycles. The fraction of sp³-hybridized carbons (Fsp3) is 0. The van der Waals surface area contributed by atoms with Gasteiger partial charge in [0.1, 0.15) is 0 Å². The zero-order valence-corrected chi connectivity index (χ0v) is 28.4. The van der Waals surface area contributed by atoms with E-state index in [1.165, 1.54) is 87.4 Å². The molecule has 11 aromatic rings. The van der Waals surface area contributed by atoms with Gasteiger partial charge in [-0.1, -0.05) is 140 Å². The largest absolute Gasteiger partial charge is 0.309 e. The molecule has 0 radical (unpaired) electrons. The Balaban J connectivity index is 1.12. The molecule has 0 N–H and O–H groups in total. The highest BCUT2D eigenvalue weighted by Gasteiger charge is 2.20. The Hall–Kier alpha value is -6.90. The third-order valence-electron chi connectivity index (χ3n) is 10.9. The Kier molecular flexibility index (Phi) is 6.28. The molecule has 0 spiro atoms. The summed E-state index contributed by atoms with van der Waals surface area (Å²) < 4.78 is 4.88. The Labute approximate surface area is 301 Å². The van der Waals surface area contributed by atoms with Crippen LogP contribution in [0.25, 0.3) is 98.8 Å². The summed E-state index contributed by atoms with van der Waals surface area (Å²) in [7, 11) is 0. The van der Waals surface area contributed by atoms with Crippen LogP contribution in [0.1, 0.15) is 0 Å². The first-order valence-corrected chi connectivity index (χ1v) is 17.9. The molecule has 0 saturated heterocycles. The molecule has 0 aliphatic rings. The van der Waals surface area contributed by atoms with Crippen LogP contribution >= 0.6 is 0 Å². The Morgan fingerprint density at radius 1 is 0.269 bits per heavy atom. The molecule has 2 aromatic heterocycles. The summed E-state index contributed by atoms with van der Waals surface area (Å²) in [5, 5.41) is 10.1. The Bertz CT molecular complexity index is 3170. The van der Waals surface area contributed by atoms with E-state index in [0.29, 0.717) is 0 Å². The maximum Gasteiger partial charge on any atom is 0.0548 e. The van der Waals surface area contributed by atoms with Crippen LogP contribution in [0, 0.1) is 0 Å². The summed E-state index contributed by atoms with van der Waals surface area (Å²) in [6, 6.07) is 71.0. The number of hydrogen-bond donors (Lipinski definition) is 0. The zero-order valence-electron chi connectivity index (χ0n) is 28.4. The van der Waals surface area contributed by atoms with Gasteiger partial charge in [0.25, 0.3) is 0 Å². The van der Waals surface area contributed by atoms with Crippen LogP contribution in [0.4, 0.5) is 0 Å². The zero-order chi connectivity index (χ0) is 34.2. The second-order valence-corrected chi connectivity index (χ2v) is 13.7. The SMILES string of the molecule is c1cc(-c2cccc3ccccc23)cc(-n2c3ccccc3c3c4c5ccccc5n(-c5ccc(-c6ccc7ccccc7c6)cc5)c4ccc32)c1. The molecule has 2 heteroatoms. The number of aromatic nitrogens is 2. The molecule has 2 heterocycles. The minimum atomic E-state index is 1.15. The highest BCUT2D eigenvalue weighted by molar-refractivity contribution is 6.29. The predicted octanol–water partition coefficient (Wildman–Crippen LogP) is 13.5. The van der Waals surface area contributed by atoms with E-state index in [1.54, 1.807) is 0 Å². The van der Waals surface area contributed by atoms with Crippen molar-refractivity contribution in [2.75, 3.05) is 0 Å². The van der Waals surface area contributed by atoms with E-state index in [2.05, 4.69) is 203 Å². The van der Waals surface area contributed by atoms with E-state index in [9.17, 15) is 0 Å². The highest BCUT2D eigenvalue weighted by Crippen LogP contribution is 2.43. The molecule has 0 amide bonds. The fourth-order valence-electron chi connectivity index (χ4n) is 8.54. The van der Waals surface area contributed by atoms with E-state index in [0.717, 1.165) is 11.4 Å². The van der Waals surface area contributed by atoms with Gasteiger partial charge < -0.3 is 9.13 Å². The Morgan fingerprint density at radius 3 is 1.56 bits per heavy atom. The van der Waals surface area contributed by atoms with Crippen LogP contribution in [0.3, 0.4) is 0 Å². The van der Waals surface area contributed by atoms with Gasteiger partial charge in [0.2, 0.25) is 0 Å². The lowest BCUT2D eigenvalue weighted by Crippen LogP contribution is -1.95. The minimum absolute atomic E-state index is 1.15. The summed E-state index contributed by atoms with van der Waals surface area (Å²) in [4.78, 5) is 0. The van der Waals surface area contributed by atoms with Gasteiger partial charge in [-0.2, -0.15) is 0 Å². The van der Waals surface area contributed by atoms with Crippen molar-refractivity contribution in [3.63, 3.8) is 0 Å². The third kappa shape index (κ3) is 4.31. The average molecular weight is 661 g/mol. The molecule has 0 aliphatic carbocycles. The summed E-state index contributed by atoms with van der Waals surface area (Å²) in [5.41, 5.74) is 12.0. The first-order chi connectivity index (χ1) is 25.8. The second-order valence-electron chi connectivity index (χ2n) is 13.7. The molecular weight excluding hydrogens is 629 g/mol. The van der Waals surface area contributed by atoms with E-state index < -0.39 is 0 Å². The summed E-state index contributed by atoms with van der Waals surface area (Å²) >= 11 is 0. The van der Waals surface area contributed by atoms with Gasteiger partial charge in [-0.15, -0.1) is 0 Å². The number of para-hydroxylation sites is 2. The lowest BCUT2D eigenvalue weighted by molar-refractivity contribution is 1.17. The molecule has 0 atom stereocenters. The number of fused-ring (bicyclic) bond motifs is 9. The van der Waals surface area contributed by atoms with Crippen LogP contribution in [0.5, 0.6) is 0 Å². The van der Waals surface area contributed by atoms with Crippen molar-refractivity contribution >= 4 is 65.2 Å². The molecule has 242 valence electrons. The van der Waals surface area contributed by atoms with Crippen molar-refractivity contribution in [2.24, 2.45) is 0 Å². The average Bonchev–Trinajstić information content (AvgIpc) is 3.73. The van der Waals surface area contributed by atoms with Crippen LogP contribution in [0.15, 0.2) is 194 Å². The topological polar surface area (TPSA) is 9.86 Å². The van der Waals surface area contributed by atoms with Crippen LogP contribution in [0.2, 0.25) is 0 Å². The Morgan fingerprint density at radius 2 is 0.827 bits per heavy atom. The molecule has 0 fully saturated rings. The first kappa shape index (κ1) is 28.9.